The number of hydrogen-bond acceptors (Lipinski definition) is 4. The molecule has 1 aliphatic heterocycles. The first kappa shape index (κ1) is 12.8. The topological polar surface area (TPSA) is 91.7 Å². The highest BCUT2D eigenvalue weighted by atomic mass is 16.6. The molecule has 1 saturated heterocycles. The molecule has 90 valence electrons. The molecule has 0 unspecified atom stereocenters. The van der Waals surface area contributed by atoms with E-state index in [2.05, 4.69) is 0 Å². The second kappa shape index (κ2) is 5.18. The maximum absolute atomic E-state index is 11.3. The van der Waals surface area contributed by atoms with Crippen molar-refractivity contribution in [2.45, 2.75) is 38.5 Å². The molecule has 1 rings (SSSR count). The second-order valence-corrected chi connectivity index (χ2v) is 3.98. The third-order valence-corrected chi connectivity index (χ3v) is 2.75. The van der Waals surface area contributed by atoms with E-state index in [4.69, 9.17) is 5.11 Å². The lowest BCUT2D eigenvalue weighted by atomic mass is 10.2. The van der Waals surface area contributed by atoms with Gasteiger partial charge in [0, 0.05) is 12.8 Å². The van der Waals surface area contributed by atoms with Gasteiger partial charge in [-0.15, -0.1) is 0 Å². The first-order chi connectivity index (χ1) is 7.47. The minimum atomic E-state index is -1.09. The van der Waals surface area contributed by atoms with E-state index in [1.807, 2.05) is 0 Å². The number of hydrogen-bond donors (Lipinski definition) is 2. The van der Waals surface area contributed by atoms with Gasteiger partial charge < -0.3 is 5.11 Å². The number of carboxylic acids is 1. The van der Waals surface area contributed by atoms with Crippen molar-refractivity contribution in [3.05, 3.63) is 0 Å². The Morgan fingerprint density at radius 1 is 1.12 bits per heavy atom. The van der Waals surface area contributed by atoms with Crippen LogP contribution in [0.1, 0.15) is 38.5 Å². The minimum absolute atomic E-state index is 0.0668. The molecule has 2 amide bonds. The van der Waals surface area contributed by atoms with E-state index in [0.29, 0.717) is 19.3 Å². The van der Waals surface area contributed by atoms with Crippen molar-refractivity contribution in [1.82, 2.24) is 0 Å². The monoisotopic (exact) mass is 230 g/mol. The zero-order valence-corrected chi connectivity index (χ0v) is 9.02. The number of amides is 2. The van der Waals surface area contributed by atoms with Crippen LogP contribution in [0.4, 0.5) is 0 Å². The zero-order chi connectivity index (χ0) is 12.2. The molecular formula is C10H16NO5+. The van der Waals surface area contributed by atoms with Crippen LogP contribution in [0.5, 0.6) is 0 Å². The molecule has 0 spiro atoms. The number of imide groups is 1. The standard InChI is InChI=1S/C10H15NO5/c12-8-5-6-9(13)11(8,16)7-3-1-2-4-10(14)15/h16H,1-7H2/p+1. The van der Waals surface area contributed by atoms with Crippen LogP contribution in [0, 0.1) is 0 Å². The largest absolute Gasteiger partial charge is 0.481 e. The quantitative estimate of drug-likeness (QED) is 0.303. The van der Waals surface area contributed by atoms with Gasteiger partial charge in [0.05, 0.1) is 12.8 Å². The normalized spacial score (nSPS) is 19.1. The van der Waals surface area contributed by atoms with Crippen LogP contribution in [0.25, 0.3) is 0 Å². The molecule has 0 atom stereocenters. The van der Waals surface area contributed by atoms with Gasteiger partial charge in [-0.3, -0.25) is 4.79 Å². The fourth-order valence-corrected chi connectivity index (χ4v) is 1.77. The third kappa shape index (κ3) is 2.86. The molecule has 16 heavy (non-hydrogen) atoms. The first-order valence-electron chi connectivity index (χ1n) is 5.36. The highest BCUT2D eigenvalue weighted by Crippen LogP contribution is 2.20. The number of hydroxylamine groups is 3. The molecule has 0 aromatic rings. The van der Waals surface area contributed by atoms with E-state index in [-0.39, 0.29) is 25.8 Å². The summed E-state index contributed by atoms with van der Waals surface area (Å²) in [6.07, 6.45) is 1.84. The molecule has 0 saturated carbocycles. The molecule has 1 fully saturated rings. The molecular weight excluding hydrogens is 214 g/mol. The van der Waals surface area contributed by atoms with Crippen LogP contribution in [-0.2, 0) is 14.4 Å². The predicted octanol–water partition coefficient (Wildman–Crippen LogP) is 0.684. The van der Waals surface area contributed by atoms with Gasteiger partial charge >= 0.3 is 17.8 Å². The van der Waals surface area contributed by atoms with Gasteiger partial charge in [-0.2, -0.15) is 0 Å². The minimum Gasteiger partial charge on any atom is -0.481 e. The molecule has 0 aliphatic carbocycles. The number of unbranched alkanes of at least 4 members (excludes halogenated alkanes) is 2. The summed E-state index contributed by atoms with van der Waals surface area (Å²) < 4.78 is -1.09. The number of rotatable bonds is 6. The van der Waals surface area contributed by atoms with Gasteiger partial charge in [0.15, 0.2) is 0 Å². The first-order valence-corrected chi connectivity index (χ1v) is 5.36. The van der Waals surface area contributed by atoms with E-state index in [1.54, 1.807) is 0 Å². The number of carbonyl (C=O) groups excluding carboxylic acids is 2. The van der Waals surface area contributed by atoms with Crippen LogP contribution in [-0.4, -0.2) is 39.3 Å². The van der Waals surface area contributed by atoms with E-state index in [1.165, 1.54) is 0 Å². The molecule has 0 aromatic carbocycles. The number of carboxylic acid groups (broad SMARTS) is 1. The van der Waals surface area contributed by atoms with E-state index in [0.717, 1.165) is 0 Å². The molecule has 0 aromatic heterocycles. The van der Waals surface area contributed by atoms with Crippen LogP contribution >= 0.6 is 0 Å². The SMILES string of the molecule is O=C(O)CCCCC[N+]1(O)C(=O)CCC1=O. The molecule has 1 aliphatic rings. The Kier molecular flexibility index (Phi) is 4.14. The number of nitrogens with zero attached hydrogens (tertiary/aromatic N) is 1. The van der Waals surface area contributed by atoms with Gasteiger partial charge in [-0.25, -0.2) is 14.8 Å². The molecule has 6 nitrogen and oxygen atoms in total. The van der Waals surface area contributed by atoms with Crippen molar-refractivity contribution in [1.29, 1.82) is 0 Å². The van der Waals surface area contributed by atoms with Crippen molar-refractivity contribution in [3.63, 3.8) is 0 Å². The van der Waals surface area contributed by atoms with Crippen LogP contribution in [0.2, 0.25) is 0 Å². The Morgan fingerprint density at radius 2 is 1.69 bits per heavy atom. The molecule has 2 N–H and O–H groups in total. The fourth-order valence-electron chi connectivity index (χ4n) is 1.77. The molecule has 6 heteroatoms. The smallest absolute Gasteiger partial charge is 0.353 e. The summed E-state index contributed by atoms with van der Waals surface area (Å²) in [7, 11) is 0. The molecule has 1 heterocycles. The summed E-state index contributed by atoms with van der Waals surface area (Å²) in [5, 5.41) is 18.2. The van der Waals surface area contributed by atoms with Gasteiger partial charge in [-0.1, -0.05) is 4.65 Å². The summed E-state index contributed by atoms with van der Waals surface area (Å²) in [4.78, 5) is 32.8. The van der Waals surface area contributed by atoms with Crippen molar-refractivity contribution >= 4 is 17.8 Å². The number of aliphatic carboxylic acids is 1. The number of likely N-dealkylation sites (tertiary alicyclic amines) is 1. The van der Waals surface area contributed by atoms with Crippen molar-refractivity contribution in [2.24, 2.45) is 0 Å². The average molecular weight is 230 g/mol. The van der Waals surface area contributed by atoms with Gasteiger partial charge in [0.2, 0.25) is 0 Å². The average Bonchev–Trinajstić information content (AvgIpc) is 2.46. The Hall–Kier alpha value is -1.27. The number of carbonyl (C=O) groups is 3. The summed E-state index contributed by atoms with van der Waals surface area (Å²) in [6.45, 7) is 0.0668. The summed E-state index contributed by atoms with van der Waals surface area (Å²) in [5.74, 6) is -1.77. The van der Waals surface area contributed by atoms with Crippen molar-refractivity contribution < 1.29 is 29.3 Å². The maximum atomic E-state index is 11.3. The van der Waals surface area contributed by atoms with Gasteiger partial charge in [0.1, 0.15) is 6.54 Å². The van der Waals surface area contributed by atoms with Gasteiger partial charge in [0.25, 0.3) is 0 Å². The third-order valence-electron chi connectivity index (χ3n) is 2.75. The lowest BCUT2D eigenvalue weighted by molar-refractivity contribution is -0.971. The van der Waals surface area contributed by atoms with E-state index >= 15 is 0 Å². The van der Waals surface area contributed by atoms with Crippen molar-refractivity contribution in [3.8, 4) is 0 Å². The summed E-state index contributed by atoms with van der Waals surface area (Å²) in [6, 6.07) is 0. The predicted molar refractivity (Wildman–Crippen MR) is 52.3 cm³/mol. The Morgan fingerprint density at radius 3 is 2.19 bits per heavy atom. The Balaban J connectivity index is 2.29. The van der Waals surface area contributed by atoms with Crippen LogP contribution in [0.15, 0.2) is 0 Å². The Labute approximate surface area is 93.0 Å². The molecule has 0 radical (unpaired) electrons. The second-order valence-electron chi connectivity index (χ2n) is 3.98. The lowest BCUT2D eigenvalue weighted by Gasteiger charge is -2.18. The number of quaternary nitrogens is 1. The maximum Gasteiger partial charge on any atom is 0.353 e. The van der Waals surface area contributed by atoms with E-state index < -0.39 is 22.4 Å². The molecule has 0 bridgehead atoms. The Bertz CT molecular complexity index is 296. The van der Waals surface area contributed by atoms with E-state index in [9.17, 15) is 19.6 Å². The van der Waals surface area contributed by atoms with Crippen molar-refractivity contribution in [2.75, 3.05) is 6.54 Å². The summed E-state index contributed by atoms with van der Waals surface area (Å²) in [5.41, 5.74) is 0. The highest BCUT2D eigenvalue weighted by molar-refractivity contribution is 5.90. The zero-order valence-electron chi connectivity index (χ0n) is 9.02. The van der Waals surface area contributed by atoms with Crippen LogP contribution < -0.4 is 0 Å². The lowest BCUT2D eigenvalue weighted by Crippen LogP contribution is -2.49. The van der Waals surface area contributed by atoms with Crippen LogP contribution in [0.3, 0.4) is 0 Å². The fraction of sp³-hybridized carbons (Fsp3) is 0.700. The summed E-state index contributed by atoms with van der Waals surface area (Å²) >= 11 is 0. The highest BCUT2D eigenvalue weighted by Gasteiger charge is 2.49. The van der Waals surface area contributed by atoms with Gasteiger partial charge in [-0.05, 0) is 12.8 Å².